The van der Waals surface area contributed by atoms with Crippen molar-refractivity contribution < 1.29 is 9.84 Å². The Morgan fingerprint density at radius 3 is 2.67 bits per heavy atom. The van der Waals surface area contributed by atoms with E-state index in [1.54, 1.807) is 7.11 Å². The molecule has 0 bridgehead atoms. The summed E-state index contributed by atoms with van der Waals surface area (Å²) in [6.45, 7) is 4.46. The number of methoxy groups -OCH3 is 1. The second-order valence-electron chi connectivity index (χ2n) is 6.09. The minimum absolute atomic E-state index is 0.680. The first-order valence-corrected chi connectivity index (χ1v) is 8.42. The van der Waals surface area contributed by atoms with Crippen LogP contribution in [0.3, 0.4) is 0 Å². The molecule has 0 aromatic carbocycles. The third kappa shape index (κ3) is 7.10. The highest BCUT2D eigenvalue weighted by molar-refractivity contribution is 5.23. The van der Waals surface area contributed by atoms with E-state index in [-0.39, 0.29) is 0 Å². The fraction of sp³-hybridized carbons (Fsp3) is 0.684. The predicted octanol–water partition coefficient (Wildman–Crippen LogP) is 5.15. The molecule has 2 atom stereocenters. The van der Waals surface area contributed by atoms with E-state index in [1.807, 2.05) is 6.08 Å². The zero-order valence-electron chi connectivity index (χ0n) is 14.0. The zero-order valence-corrected chi connectivity index (χ0v) is 14.0. The molecule has 2 unspecified atom stereocenters. The Bertz CT molecular complexity index is 368. The van der Waals surface area contributed by atoms with Crippen LogP contribution >= 0.6 is 0 Å². The lowest BCUT2D eigenvalue weighted by Crippen LogP contribution is -2.31. The van der Waals surface area contributed by atoms with Crippen LogP contribution in [-0.4, -0.2) is 18.0 Å². The largest absolute Gasteiger partial charge is 0.365 e. The first kappa shape index (κ1) is 18.2. The van der Waals surface area contributed by atoms with Gasteiger partial charge in [0.25, 0.3) is 0 Å². The van der Waals surface area contributed by atoms with Crippen LogP contribution in [-0.2, 0) is 4.74 Å². The minimum atomic E-state index is -0.971. The Balaban J connectivity index is 2.45. The molecule has 0 aliphatic heterocycles. The summed E-state index contributed by atoms with van der Waals surface area (Å²) in [6, 6.07) is 0. The summed E-state index contributed by atoms with van der Waals surface area (Å²) in [5.74, 6) is -0.263. The van der Waals surface area contributed by atoms with Gasteiger partial charge in [-0.2, -0.15) is 0 Å². The minimum Gasteiger partial charge on any atom is -0.365 e. The summed E-state index contributed by atoms with van der Waals surface area (Å²) >= 11 is 0. The standard InChI is InChI=1S/C19H32O2/c1-4-10-17(5-2)13-15-19(20,21-3)16-14-18-11-8-6-7-9-12-18/h6-9,11,17,20H,4-5,10,12-16H2,1-3H3. The van der Waals surface area contributed by atoms with Crippen molar-refractivity contribution in [1.29, 1.82) is 0 Å². The third-order valence-electron chi connectivity index (χ3n) is 4.50. The summed E-state index contributed by atoms with van der Waals surface area (Å²) in [5.41, 5.74) is 1.36. The second kappa shape index (κ2) is 9.97. The molecule has 2 heteroatoms. The zero-order chi connectivity index (χ0) is 15.6. The third-order valence-corrected chi connectivity index (χ3v) is 4.50. The van der Waals surface area contributed by atoms with Crippen molar-refractivity contribution in [1.82, 2.24) is 0 Å². The van der Waals surface area contributed by atoms with Crippen molar-refractivity contribution in [3.63, 3.8) is 0 Å². The van der Waals surface area contributed by atoms with Gasteiger partial charge in [-0.1, -0.05) is 69.1 Å². The molecule has 0 heterocycles. The maximum Gasteiger partial charge on any atom is 0.165 e. The van der Waals surface area contributed by atoms with E-state index in [1.165, 1.54) is 24.8 Å². The topological polar surface area (TPSA) is 29.5 Å². The summed E-state index contributed by atoms with van der Waals surface area (Å²) in [6.07, 6.45) is 18.5. The number of hydrogen-bond acceptors (Lipinski definition) is 2. The molecule has 21 heavy (non-hydrogen) atoms. The molecule has 1 aliphatic rings. The fourth-order valence-corrected chi connectivity index (χ4v) is 2.88. The molecule has 0 saturated heterocycles. The molecule has 0 radical (unpaired) electrons. The van der Waals surface area contributed by atoms with Crippen LogP contribution in [0, 0.1) is 5.92 Å². The molecular formula is C19H32O2. The van der Waals surface area contributed by atoms with Gasteiger partial charge in [0.15, 0.2) is 5.79 Å². The molecule has 0 amide bonds. The van der Waals surface area contributed by atoms with Gasteiger partial charge in [-0.05, 0) is 25.2 Å². The van der Waals surface area contributed by atoms with Crippen molar-refractivity contribution in [2.45, 2.75) is 71.0 Å². The monoisotopic (exact) mass is 292 g/mol. The molecule has 120 valence electrons. The van der Waals surface area contributed by atoms with Crippen LogP contribution in [0.15, 0.2) is 36.0 Å². The van der Waals surface area contributed by atoms with Crippen LogP contribution in [0.25, 0.3) is 0 Å². The van der Waals surface area contributed by atoms with E-state index in [2.05, 4.69) is 38.2 Å². The highest BCUT2D eigenvalue weighted by Crippen LogP contribution is 2.28. The molecule has 1 rings (SSSR count). The van der Waals surface area contributed by atoms with Gasteiger partial charge in [0.2, 0.25) is 0 Å². The van der Waals surface area contributed by atoms with Crippen molar-refractivity contribution in [2.75, 3.05) is 7.11 Å². The van der Waals surface area contributed by atoms with Crippen LogP contribution in [0.5, 0.6) is 0 Å². The lowest BCUT2D eigenvalue weighted by atomic mass is 9.90. The van der Waals surface area contributed by atoms with Crippen LogP contribution in [0.2, 0.25) is 0 Å². The quantitative estimate of drug-likeness (QED) is 0.564. The van der Waals surface area contributed by atoms with E-state index in [0.29, 0.717) is 12.3 Å². The summed E-state index contributed by atoms with van der Waals surface area (Å²) in [4.78, 5) is 0. The SMILES string of the molecule is CCCC(CC)CCC(O)(CCC1=CC=CC=CC1)OC. The van der Waals surface area contributed by atoms with Gasteiger partial charge >= 0.3 is 0 Å². The van der Waals surface area contributed by atoms with Crippen LogP contribution < -0.4 is 0 Å². The smallest absolute Gasteiger partial charge is 0.165 e. The lowest BCUT2D eigenvalue weighted by molar-refractivity contribution is -0.195. The molecule has 1 aliphatic carbocycles. The molecular weight excluding hydrogens is 260 g/mol. The van der Waals surface area contributed by atoms with E-state index >= 15 is 0 Å². The Hall–Kier alpha value is -0.860. The van der Waals surface area contributed by atoms with Gasteiger partial charge < -0.3 is 9.84 Å². The average Bonchev–Trinajstić information content (AvgIpc) is 2.78. The van der Waals surface area contributed by atoms with Gasteiger partial charge in [0, 0.05) is 20.0 Å². The number of ether oxygens (including phenoxy) is 1. The predicted molar refractivity (Wildman–Crippen MR) is 90.1 cm³/mol. The highest BCUT2D eigenvalue weighted by atomic mass is 16.6. The molecule has 0 fully saturated rings. The maximum absolute atomic E-state index is 10.6. The van der Waals surface area contributed by atoms with E-state index in [4.69, 9.17) is 4.74 Å². The lowest BCUT2D eigenvalue weighted by Gasteiger charge is -2.28. The fourth-order valence-electron chi connectivity index (χ4n) is 2.88. The molecule has 0 spiro atoms. The Morgan fingerprint density at radius 1 is 1.19 bits per heavy atom. The Kier molecular flexibility index (Phi) is 8.63. The van der Waals surface area contributed by atoms with E-state index in [0.717, 1.165) is 25.7 Å². The molecule has 0 aromatic heterocycles. The normalized spacial score (nSPS) is 19.0. The van der Waals surface area contributed by atoms with E-state index < -0.39 is 5.79 Å². The maximum atomic E-state index is 10.6. The van der Waals surface area contributed by atoms with Crippen molar-refractivity contribution in [3.8, 4) is 0 Å². The summed E-state index contributed by atoms with van der Waals surface area (Å²) in [7, 11) is 1.63. The number of hydrogen-bond donors (Lipinski definition) is 1. The molecule has 1 N–H and O–H groups in total. The first-order valence-electron chi connectivity index (χ1n) is 8.42. The van der Waals surface area contributed by atoms with Crippen molar-refractivity contribution >= 4 is 0 Å². The first-order chi connectivity index (χ1) is 10.1. The van der Waals surface area contributed by atoms with Crippen LogP contribution in [0.1, 0.15) is 65.2 Å². The van der Waals surface area contributed by atoms with Crippen LogP contribution in [0.4, 0.5) is 0 Å². The Labute approximate surface area is 130 Å². The second-order valence-corrected chi connectivity index (χ2v) is 6.09. The number of rotatable bonds is 10. The Morgan fingerprint density at radius 2 is 2.00 bits per heavy atom. The van der Waals surface area contributed by atoms with Crippen molar-refractivity contribution in [3.05, 3.63) is 36.0 Å². The molecule has 0 saturated carbocycles. The van der Waals surface area contributed by atoms with Gasteiger partial charge in [-0.25, -0.2) is 0 Å². The van der Waals surface area contributed by atoms with Gasteiger partial charge in [-0.15, -0.1) is 0 Å². The van der Waals surface area contributed by atoms with Crippen molar-refractivity contribution in [2.24, 2.45) is 5.92 Å². The van der Waals surface area contributed by atoms with Gasteiger partial charge in [0.05, 0.1) is 0 Å². The highest BCUT2D eigenvalue weighted by Gasteiger charge is 2.27. The van der Waals surface area contributed by atoms with Gasteiger partial charge in [0.1, 0.15) is 0 Å². The van der Waals surface area contributed by atoms with Gasteiger partial charge in [-0.3, -0.25) is 0 Å². The summed E-state index contributed by atoms with van der Waals surface area (Å²) in [5, 5.41) is 10.6. The molecule has 0 aromatic rings. The van der Waals surface area contributed by atoms with E-state index in [9.17, 15) is 5.11 Å². The molecule has 2 nitrogen and oxygen atoms in total. The average molecular weight is 292 g/mol. The number of aliphatic hydroxyl groups is 1. The summed E-state index contributed by atoms with van der Waals surface area (Å²) < 4.78 is 5.43. The number of allylic oxidation sites excluding steroid dienone is 6.